The van der Waals surface area contributed by atoms with Crippen LogP contribution in [0.3, 0.4) is 0 Å². The van der Waals surface area contributed by atoms with E-state index in [0.29, 0.717) is 32.0 Å². The molecule has 0 aromatic heterocycles. The van der Waals surface area contributed by atoms with Crippen LogP contribution in [0.4, 0.5) is 15.8 Å². The first-order valence-corrected chi connectivity index (χ1v) is 5.20. The lowest BCUT2D eigenvalue weighted by atomic mass is 10.2. The molecular weight excluding hydrogens is 229 g/mol. The third-order valence-corrected chi connectivity index (χ3v) is 2.45. The number of morpholine rings is 1. The van der Waals surface area contributed by atoms with Crippen molar-refractivity contribution in [3.63, 3.8) is 0 Å². The average Bonchev–Trinajstić information content (AvgIpc) is 2.32. The molecule has 6 nitrogen and oxygen atoms in total. The fraction of sp³-hybridized carbons (Fsp3) is 0.400. The normalized spacial score (nSPS) is 16.8. The second kappa shape index (κ2) is 5.07. The summed E-state index contributed by atoms with van der Waals surface area (Å²) in [6.45, 7) is 2.41. The van der Waals surface area contributed by atoms with Crippen molar-refractivity contribution in [1.29, 1.82) is 0 Å². The predicted molar refractivity (Wildman–Crippen MR) is 59.1 cm³/mol. The maximum atomic E-state index is 12.9. The van der Waals surface area contributed by atoms with Crippen molar-refractivity contribution >= 4 is 11.4 Å². The third kappa shape index (κ3) is 2.89. The van der Waals surface area contributed by atoms with E-state index in [1.165, 1.54) is 12.1 Å². The van der Waals surface area contributed by atoms with Crippen LogP contribution in [0.1, 0.15) is 0 Å². The van der Waals surface area contributed by atoms with Gasteiger partial charge in [0.1, 0.15) is 11.5 Å². The predicted octanol–water partition coefficient (Wildman–Crippen LogP) is 1.39. The molecule has 1 saturated heterocycles. The number of nitro groups is 1. The quantitative estimate of drug-likeness (QED) is 0.639. The second-order valence-corrected chi connectivity index (χ2v) is 3.63. The number of rotatable bonds is 3. The Morgan fingerprint density at radius 3 is 2.76 bits per heavy atom. The van der Waals surface area contributed by atoms with Gasteiger partial charge in [-0.2, -0.15) is 0 Å². The van der Waals surface area contributed by atoms with E-state index in [2.05, 4.69) is 5.43 Å². The first-order valence-electron chi connectivity index (χ1n) is 5.20. The molecule has 0 bridgehead atoms. The zero-order valence-corrected chi connectivity index (χ0v) is 9.06. The fourth-order valence-corrected chi connectivity index (χ4v) is 1.60. The van der Waals surface area contributed by atoms with Crippen molar-refractivity contribution in [1.82, 2.24) is 5.01 Å². The molecule has 1 N–H and O–H groups in total. The van der Waals surface area contributed by atoms with Crippen LogP contribution in [0.15, 0.2) is 18.2 Å². The van der Waals surface area contributed by atoms with Gasteiger partial charge in [-0.25, -0.2) is 9.40 Å². The van der Waals surface area contributed by atoms with Gasteiger partial charge in [0.15, 0.2) is 0 Å². The molecule has 0 amide bonds. The summed E-state index contributed by atoms with van der Waals surface area (Å²) in [7, 11) is 0. The van der Waals surface area contributed by atoms with Gasteiger partial charge in [-0.3, -0.25) is 10.1 Å². The molecule has 0 atom stereocenters. The van der Waals surface area contributed by atoms with E-state index < -0.39 is 10.7 Å². The highest BCUT2D eigenvalue weighted by atomic mass is 19.1. The molecular formula is C10H12FN3O3. The van der Waals surface area contributed by atoms with E-state index in [-0.39, 0.29) is 5.69 Å². The highest BCUT2D eigenvalue weighted by Crippen LogP contribution is 2.25. The molecule has 2 rings (SSSR count). The second-order valence-electron chi connectivity index (χ2n) is 3.63. The zero-order valence-electron chi connectivity index (χ0n) is 9.06. The Labute approximate surface area is 97.1 Å². The maximum Gasteiger partial charge on any atom is 0.296 e. The van der Waals surface area contributed by atoms with E-state index in [4.69, 9.17) is 4.74 Å². The molecule has 1 aromatic carbocycles. The Bertz CT molecular complexity index is 421. The summed E-state index contributed by atoms with van der Waals surface area (Å²) in [6.07, 6.45) is 0. The van der Waals surface area contributed by atoms with Gasteiger partial charge in [0.25, 0.3) is 5.69 Å². The number of hydrogen-bond donors (Lipinski definition) is 1. The number of nitrogens with zero attached hydrogens (tertiary/aromatic N) is 2. The summed E-state index contributed by atoms with van der Waals surface area (Å²) < 4.78 is 18.1. The minimum Gasteiger partial charge on any atom is -0.379 e. The summed E-state index contributed by atoms with van der Waals surface area (Å²) >= 11 is 0. The van der Waals surface area contributed by atoms with Crippen LogP contribution in [0.25, 0.3) is 0 Å². The first kappa shape index (κ1) is 11.7. The van der Waals surface area contributed by atoms with Crippen molar-refractivity contribution in [2.75, 3.05) is 31.7 Å². The number of hydrazine groups is 1. The number of halogens is 1. The Morgan fingerprint density at radius 1 is 1.41 bits per heavy atom. The van der Waals surface area contributed by atoms with Crippen LogP contribution in [-0.4, -0.2) is 36.2 Å². The van der Waals surface area contributed by atoms with Crippen LogP contribution >= 0.6 is 0 Å². The van der Waals surface area contributed by atoms with Crippen molar-refractivity contribution < 1.29 is 14.1 Å². The average molecular weight is 241 g/mol. The Hall–Kier alpha value is -1.73. The molecule has 1 aromatic rings. The Morgan fingerprint density at radius 2 is 2.12 bits per heavy atom. The van der Waals surface area contributed by atoms with E-state index in [1.54, 1.807) is 0 Å². The van der Waals surface area contributed by atoms with Crippen LogP contribution in [0.5, 0.6) is 0 Å². The zero-order chi connectivity index (χ0) is 12.3. The van der Waals surface area contributed by atoms with Crippen molar-refractivity contribution in [2.24, 2.45) is 0 Å². The monoisotopic (exact) mass is 241 g/mol. The van der Waals surface area contributed by atoms with Crippen LogP contribution < -0.4 is 5.43 Å². The third-order valence-electron chi connectivity index (χ3n) is 2.45. The number of nitrogens with one attached hydrogen (secondary N) is 1. The van der Waals surface area contributed by atoms with Gasteiger partial charge in [-0.05, 0) is 12.1 Å². The van der Waals surface area contributed by atoms with Gasteiger partial charge in [0.2, 0.25) is 0 Å². The fourth-order valence-electron chi connectivity index (χ4n) is 1.60. The van der Waals surface area contributed by atoms with E-state index in [0.717, 1.165) is 6.07 Å². The van der Waals surface area contributed by atoms with E-state index >= 15 is 0 Å². The molecule has 0 unspecified atom stereocenters. The summed E-state index contributed by atoms with van der Waals surface area (Å²) in [4.78, 5) is 10.2. The van der Waals surface area contributed by atoms with E-state index in [9.17, 15) is 14.5 Å². The Kier molecular flexibility index (Phi) is 3.50. The van der Waals surface area contributed by atoms with E-state index in [1.807, 2.05) is 5.01 Å². The number of anilines is 1. The molecule has 0 aliphatic carbocycles. The van der Waals surface area contributed by atoms with Gasteiger partial charge >= 0.3 is 0 Å². The smallest absolute Gasteiger partial charge is 0.296 e. The number of benzene rings is 1. The van der Waals surface area contributed by atoms with Crippen LogP contribution in [-0.2, 0) is 4.74 Å². The van der Waals surface area contributed by atoms with Crippen LogP contribution in [0, 0.1) is 15.9 Å². The molecule has 1 aliphatic heterocycles. The topological polar surface area (TPSA) is 67.6 Å². The first-order chi connectivity index (χ1) is 8.16. The highest BCUT2D eigenvalue weighted by molar-refractivity contribution is 5.60. The molecule has 92 valence electrons. The Balaban J connectivity index is 2.16. The van der Waals surface area contributed by atoms with Gasteiger partial charge in [-0.15, -0.1) is 0 Å². The molecule has 0 radical (unpaired) electrons. The summed E-state index contributed by atoms with van der Waals surface area (Å²) in [5.74, 6) is -0.621. The minimum atomic E-state index is -0.621. The maximum absolute atomic E-state index is 12.9. The SMILES string of the molecule is O=[N+]([O-])c1cc(F)ccc1NN1CCOCC1. The summed E-state index contributed by atoms with van der Waals surface area (Å²) in [5.41, 5.74) is 2.93. The number of nitro benzene ring substituents is 1. The lowest BCUT2D eigenvalue weighted by Crippen LogP contribution is -2.40. The van der Waals surface area contributed by atoms with Gasteiger partial charge in [-0.1, -0.05) is 0 Å². The molecule has 0 saturated carbocycles. The van der Waals surface area contributed by atoms with Crippen molar-refractivity contribution in [3.05, 3.63) is 34.1 Å². The summed E-state index contributed by atoms with van der Waals surface area (Å²) in [5, 5.41) is 12.6. The number of ether oxygens (including phenoxy) is 1. The number of hydrogen-bond acceptors (Lipinski definition) is 5. The molecule has 17 heavy (non-hydrogen) atoms. The largest absolute Gasteiger partial charge is 0.379 e. The standard InChI is InChI=1S/C10H12FN3O3/c11-8-1-2-9(10(7-8)14(15)16)12-13-3-5-17-6-4-13/h1-2,7,12H,3-6H2. The lowest BCUT2D eigenvalue weighted by Gasteiger charge is -2.27. The molecule has 0 spiro atoms. The molecule has 1 aliphatic rings. The van der Waals surface area contributed by atoms with Crippen LogP contribution in [0.2, 0.25) is 0 Å². The van der Waals surface area contributed by atoms with Crippen molar-refractivity contribution in [3.8, 4) is 0 Å². The lowest BCUT2D eigenvalue weighted by molar-refractivity contribution is -0.384. The van der Waals surface area contributed by atoms with Gasteiger partial charge < -0.3 is 10.2 Å². The van der Waals surface area contributed by atoms with Crippen molar-refractivity contribution in [2.45, 2.75) is 0 Å². The molecule has 1 heterocycles. The van der Waals surface area contributed by atoms with Gasteiger partial charge in [0.05, 0.1) is 24.2 Å². The minimum absolute atomic E-state index is 0.267. The van der Waals surface area contributed by atoms with Gasteiger partial charge in [0, 0.05) is 13.1 Å². The molecule has 1 fully saturated rings. The molecule has 7 heteroatoms. The summed E-state index contributed by atoms with van der Waals surface area (Å²) in [6, 6.07) is 3.46. The highest BCUT2D eigenvalue weighted by Gasteiger charge is 2.18.